The number of carbonyl (C=O) groups excluding carboxylic acids is 2. The smallest absolute Gasteiger partial charge is 0.254 e. The molecule has 2 amide bonds. The van der Waals surface area contributed by atoms with E-state index in [4.69, 9.17) is 4.74 Å². The number of aryl methyl sites for hydroxylation is 4. The van der Waals surface area contributed by atoms with Crippen LogP contribution in [0.25, 0.3) is 0 Å². The molecular weight excluding hydrogens is 448 g/mol. The molecule has 1 aliphatic heterocycles. The van der Waals surface area contributed by atoms with Gasteiger partial charge in [-0.2, -0.15) is 0 Å². The molecule has 36 heavy (non-hydrogen) atoms. The first-order chi connectivity index (χ1) is 17.5. The molecule has 5 rings (SSSR count). The first kappa shape index (κ1) is 24.1. The summed E-state index contributed by atoms with van der Waals surface area (Å²) in [4.78, 5) is 29.7. The van der Waals surface area contributed by atoms with Crippen LogP contribution in [0.1, 0.15) is 63.5 Å². The summed E-state index contributed by atoms with van der Waals surface area (Å²) < 4.78 is 5.49. The molecule has 186 valence electrons. The zero-order valence-electron chi connectivity index (χ0n) is 21.3. The first-order valence-corrected chi connectivity index (χ1v) is 12.9. The number of nitrogens with zero attached hydrogens (tertiary/aromatic N) is 1. The van der Waals surface area contributed by atoms with E-state index in [1.54, 1.807) is 7.11 Å². The molecular formula is C31H34N2O3. The third-order valence-corrected chi connectivity index (χ3v) is 7.73. The number of rotatable bonds is 5. The van der Waals surface area contributed by atoms with Gasteiger partial charge in [-0.15, -0.1) is 0 Å². The lowest BCUT2D eigenvalue weighted by atomic mass is 9.83. The van der Waals surface area contributed by atoms with Crippen LogP contribution < -0.4 is 10.1 Å². The summed E-state index contributed by atoms with van der Waals surface area (Å²) in [5.74, 6) is 0.288. The van der Waals surface area contributed by atoms with Crippen LogP contribution in [0.15, 0.2) is 60.7 Å². The topological polar surface area (TPSA) is 58.6 Å². The number of methoxy groups -OCH3 is 1. The maximum atomic E-state index is 14.0. The number of anilines is 1. The fourth-order valence-corrected chi connectivity index (χ4v) is 5.92. The molecule has 2 atom stereocenters. The van der Waals surface area contributed by atoms with Crippen LogP contribution in [0.2, 0.25) is 0 Å². The van der Waals surface area contributed by atoms with Crippen molar-refractivity contribution < 1.29 is 14.3 Å². The lowest BCUT2D eigenvalue weighted by Crippen LogP contribution is -2.46. The Balaban J connectivity index is 1.50. The largest absolute Gasteiger partial charge is 0.497 e. The van der Waals surface area contributed by atoms with Gasteiger partial charge in [0.05, 0.1) is 19.1 Å². The van der Waals surface area contributed by atoms with Gasteiger partial charge in [0, 0.05) is 17.8 Å². The van der Waals surface area contributed by atoms with Gasteiger partial charge in [-0.3, -0.25) is 9.59 Å². The summed E-state index contributed by atoms with van der Waals surface area (Å²) in [6, 6.07) is 19.6. The molecule has 1 N–H and O–H groups in total. The zero-order valence-corrected chi connectivity index (χ0v) is 21.3. The van der Waals surface area contributed by atoms with Crippen LogP contribution in [-0.2, 0) is 17.6 Å². The average molecular weight is 483 g/mol. The Morgan fingerprint density at radius 2 is 1.67 bits per heavy atom. The van der Waals surface area contributed by atoms with Crippen LogP contribution in [0.3, 0.4) is 0 Å². The molecule has 0 aromatic heterocycles. The van der Waals surface area contributed by atoms with Gasteiger partial charge in [0.25, 0.3) is 5.91 Å². The molecule has 1 heterocycles. The second-order valence-electron chi connectivity index (χ2n) is 10.1. The number of piperidine rings is 1. The van der Waals surface area contributed by atoms with Gasteiger partial charge in [-0.05, 0) is 98.0 Å². The number of carbonyl (C=O) groups is 2. The minimum absolute atomic E-state index is 0.0200. The third-order valence-electron chi connectivity index (χ3n) is 7.73. The van der Waals surface area contributed by atoms with Crippen molar-refractivity contribution in [3.8, 4) is 5.75 Å². The summed E-state index contributed by atoms with van der Waals surface area (Å²) in [6.45, 7) is 4.56. The molecule has 5 heteroatoms. The summed E-state index contributed by atoms with van der Waals surface area (Å²) in [7, 11) is 1.64. The van der Waals surface area contributed by atoms with Gasteiger partial charge < -0.3 is 15.0 Å². The Bertz CT molecular complexity index is 1280. The second-order valence-corrected chi connectivity index (χ2v) is 10.1. The standard InChI is InChI=1S/C31H34N2O3/c1-20-8-4-9-21(2)28(20)31(35)33-17-7-14-27(29(33)24-12-6-13-26(19-24)36-3)30(34)32-25-16-15-22-10-5-11-23(22)18-25/h4,6,8-9,12-13,15-16,18-19,27,29H,5,7,10-11,14,17H2,1-3H3,(H,32,34). The summed E-state index contributed by atoms with van der Waals surface area (Å²) >= 11 is 0. The normalized spacial score (nSPS) is 19.0. The fourth-order valence-electron chi connectivity index (χ4n) is 5.92. The summed E-state index contributed by atoms with van der Waals surface area (Å²) in [5.41, 5.74) is 7.09. The van der Waals surface area contributed by atoms with E-state index in [-0.39, 0.29) is 23.8 Å². The monoisotopic (exact) mass is 482 g/mol. The highest BCUT2D eigenvalue weighted by Gasteiger charge is 2.40. The average Bonchev–Trinajstić information content (AvgIpc) is 3.36. The molecule has 0 radical (unpaired) electrons. The molecule has 0 saturated carbocycles. The van der Waals surface area contributed by atoms with Gasteiger partial charge in [-0.25, -0.2) is 0 Å². The number of hydrogen-bond acceptors (Lipinski definition) is 3. The quantitative estimate of drug-likeness (QED) is 0.483. The van der Waals surface area contributed by atoms with Crippen LogP contribution >= 0.6 is 0 Å². The molecule has 5 nitrogen and oxygen atoms in total. The Morgan fingerprint density at radius 3 is 2.44 bits per heavy atom. The van der Waals surface area contributed by atoms with Crippen molar-refractivity contribution in [1.82, 2.24) is 4.90 Å². The SMILES string of the molecule is COc1cccc(C2C(C(=O)Nc3ccc4c(c3)CCC4)CCCN2C(=O)c2c(C)cccc2C)c1. The molecule has 3 aromatic rings. The molecule has 1 saturated heterocycles. The van der Waals surface area contributed by atoms with E-state index in [1.807, 2.05) is 67.3 Å². The molecule has 3 aromatic carbocycles. The van der Waals surface area contributed by atoms with Crippen molar-refractivity contribution >= 4 is 17.5 Å². The van der Waals surface area contributed by atoms with Crippen molar-refractivity contribution in [3.63, 3.8) is 0 Å². The van der Waals surface area contributed by atoms with Crippen molar-refractivity contribution in [3.05, 3.63) is 94.0 Å². The predicted molar refractivity (Wildman–Crippen MR) is 143 cm³/mol. The van der Waals surface area contributed by atoms with E-state index >= 15 is 0 Å². The number of ether oxygens (including phenoxy) is 1. The summed E-state index contributed by atoms with van der Waals surface area (Å²) in [5, 5.41) is 3.18. The Labute approximate surface area is 213 Å². The van der Waals surface area contributed by atoms with Crippen molar-refractivity contribution in [2.75, 3.05) is 19.0 Å². The molecule has 2 unspecified atom stereocenters. The van der Waals surface area contributed by atoms with E-state index in [2.05, 4.69) is 17.4 Å². The van der Waals surface area contributed by atoms with Crippen molar-refractivity contribution in [1.29, 1.82) is 0 Å². The maximum absolute atomic E-state index is 14.0. The zero-order chi connectivity index (χ0) is 25.2. The minimum Gasteiger partial charge on any atom is -0.497 e. The Kier molecular flexibility index (Phi) is 6.82. The number of amides is 2. The molecule has 0 bridgehead atoms. The van der Waals surface area contributed by atoms with Gasteiger partial charge in [0.15, 0.2) is 0 Å². The van der Waals surface area contributed by atoms with Gasteiger partial charge in [0.1, 0.15) is 5.75 Å². The van der Waals surface area contributed by atoms with E-state index in [1.165, 1.54) is 17.5 Å². The predicted octanol–water partition coefficient (Wildman–Crippen LogP) is 6.03. The lowest BCUT2D eigenvalue weighted by Gasteiger charge is -2.41. The fraction of sp³-hybridized carbons (Fsp3) is 0.355. The van der Waals surface area contributed by atoms with E-state index < -0.39 is 0 Å². The minimum atomic E-state index is -0.380. The highest BCUT2D eigenvalue weighted by molar-refractivity contribution is 5.99. The van der Waals surface area contributed by atoms with Gasteiger partial charge in [0.2, 0.25) is 5.91 Å². The van der Waals surface area contributed by atoms with E-state index in [0.717, 1.165) is 59.4 Å². The number of benzene rings is 3. The number of nitrogens with one attached hydrogen (secondary N) is 1. The second kappa shape index (κ2) is 10.2. The van der Waals surface area contributed by atoms with Crippen molar-refractivity contribution in [2.24, 2.45) is 5.92 Å². The van der Waals surface area contributed by atoms with E-state index in [0.29, 0.717) is 6.54 Å². The van der Waals surface area contributed by atoms with Gasteiger partial charge in [-0.1, -0.05) is 36.4 Å². The third kappa shape index (κ3) is 4.62. The molecule has 2 aliphatic rings. The number of hydrogen-bond donors (Lipinski definition) is 1. The van der Waals surface area contributed by atoms with Crippen LogP contribution in [0.5, 0.6) is 5.75 Å². The highest BCUT2D eigenvalue weighted by Crippen LogP contribution is 2.39. The van der Waals surface area contributed by atoms with Crippen LogP contribution in [-0.4, -0.2) is 30.4 Å². The number of fused-ring (bicyclic) bond motifs is 1. The summed E-state index contributed by atoms with van der Waals surface area (Å²) in [6.07, 6.45) is 4.84. The Hall–Kier alpha value is -3.60. The Morgan fingerprint density at radius 1 is 0.917 bits per heavy atom. The maximum Gasteiger partial charge on any atom is 0.254 e. The van der Waals surface area contributed by atoms with Crippen molar-refractivity contribution in [2.45, 2.75) is 52.0 Å². The molecule has 1 aliphatic carbocycles. The van der Waals surface area contributed by atoms with Gasteiger partial charge >= 0.3 is 0 Å². The van der Waals surface area contributed by atoms with E-state index in [9.17, 15) is 9.59 Å². The first-order valence-electron chi connectivity index (χ1n) is 12.9. The lowest BCUT2D eigenvalue weighted by molar-refractivity contribution is -0.123. The van der Waals surface area contributed by atoms with Crippen LogP contribution in [0, 0.1) is 19.8 Å². The molecule has 1 fully saturated rings. The number of likely N-dealkylation sites (tertiary alicyclic amines) is 1. The molecule has 0 spiro atoms. The van der Waals surface area contributed by atoms with Crippen LogP contribution in [0.4, 0.5) is 5.69 Å². The highest BCUT2D eigenvalue weighted by atomic mass is 16.5.